The molecule has 0 spiro atoms. The van der Waals surface area contributed by atoms with E-state index in [-0.39, 0.29) is 0 Å². The maximum atomic E-state index is 5.21. The second kappa shape index (κ2) is 4.07. The second-order valence-corrected chi connectivity index (χ2v) is 3.45. The molecule has 2 heteroatoms. The van der Waals surface area contributed by atoms with E-state index >= 15 is 0 Å². The van der Waals surface area contributed by atoms with Gasteiger partial charge in [-0.15, -0.1) is 0 Å². The van der Waals surface area contributed by atoms with Crippen LogP contribution in [0.1, 0.15) is 32.6 Å². The zero-order chi connectivity index (χ0) is 8.16. The van der Waals surface area contributed by atoms with Gasteiger partial charge in [0.25, 0.3) is 0 Å². The monoisotopic (exact) mass is 157 g/mol. The highest BCUT2D eigenvalue weighted by molar-refractivity contribution is 4.89. The van der Waals surface area contributed by atoms with Gasteiger partial charge >= 0.3 is 0 Å². The van der Waals surface area contributed by atoms with E-state index in [9.17, 15) is 0 Å². The van der Waals surface area contributed by atoms with E-state index < -0.39 is 0 Å². The molecule has 0 aromatic heterocycles. The van der Waals surface area contributed by atoms with Crippen molar-refractivity contribution in [2.24, 2.45) is 0 Å². The maximum absolute atomic E-state index is 5.21. The molecule has 66 valence electrons. The third-order valence-electron chi connectivity index (χ3n) is 2.68. The lowest BCUT2D eigenvalue weighted by atomic mass is 9.87. The van der Waals surface area contributed by atoms with Crippen molar-refractivity contribution in [2.75, 3.05) is 20.3 Å². The van der Waals surface area contributed by atoms with Crippen molar-refractivity contribution in [1.29, 1.82) is 0 Å². The lowest BCUT2D eigenvalue weighted by molar-refractivity contribution is 0.0868. The molecule has 1 fully saturated rings. The quantitative estimate of drug-likeness (QED) is 0.671. The molecule has 0 aromatic carbocycles. The molecule has 0 bridgehead atoms. The summed E-state index contributed by atoms with van der Waals surface area (Å²) in [5.41, 5.74) is 0.299. The third-order valence-corrected chi connectivity index (χ3v) is 2.68. The van der Waals surface area contributed by atoms with Gasteiger partial charge in [0, 0.05) is 12.6 Å². The highest BCUT2D eigenvalue weighted by Crippen LogP contribution is 2.22. The summed E-state index contributed by atoms with van der Waals surface area (Å²) in [7, 11) is 1.79. The molecule has 1 atom stereocenters. The summed E-state index contributed by atoms with van der Waals surface area (Å²) in [4.78, 5) is 0. The van der Waals surface area contributed by atoms with Crippen LogP contribution in [0.25, 0.3) is 0 Å². The normalized spacial score (nSPS) is 32.2. The summed E-state index contributed by atoms with van der Waals surface area (Å²) in [6.07, 6.45) is 5.13. The van der Waals surface area contributed by atoms with Crippen LogP contribution in [-0.4, -0.2) is 25.8 Å². The van der Waals surface area contributed by atoms with Crippen molar-refractivity contribution >= 4 is 0 Å². The summed E-state index contributed by atoms with van der Waals surface area (Å²) in [5.74, 6) is 0. The van der Waals surface area contributed by atoms with E-state index in [1.807, 2.05) is 0 Å². The van der Waals surface area contributed by atoms with Gasteiger partial charge in [0.1, 0.15) is 0 Å². The van der Waals surface area contributed by atoms with Crippen LogP contribution in [0.4, 0.5) is 0 Å². The van der Waals surface area contributed by atoms with E-state index in [2.05, 4.69) is 12.2 Å². The van der Waals surface area contributed by atoms with Gasteiger partial charge in [-0.3, -0.25) is 0 Å². The zero-order valence-electron chi connectivity index (χ0n) is 7.65. The second-order valence-electron chi connectivity index (χ2n) is 3.45. The standard InChI is InChI=1S/C9H19NO/c1-3-9(8-11-2)6-4-5-7-10-9/h10H,3-8H2,1-2H3. The molecule has 1 saturated heterocycles. The van der Waals surface area contributed by atoms with Crippen molar-refractivity contribution in [2.45, 2.75) is 38.1 Å². The number of rotatable bonds is 3. The molecule has 1 heterocycles. The number of hydrogen-bond donors (Lipinski definition) is 1. The molecule has 0 aliphatic carbocycles. The lowest BCUT2D eigenvalue weighted by Crippen LogP contribution is -2.51. The fraction of sp³-hybridized carbons (Fsp3) is 1.00. The Bertz CT molecular complexity index is 103. The first-order valence-electron chi connectivity index (χ1n) is 4.57. The predicted octanol–water partition coefficient (Wildman–Crippen LogP) is 1.56. The molecule has 0 radical (unpaired) electrons. The summed E-state index contributed by atoms with van der Waals surface area (Å²) >= 11 is 0. The molecule has 1 aliphatic heterocycles. The average molecular weight is 157 g/mol. The van der Waals surface area contributed by atoms with Gasteiger partial charge < -0.3 is 10.1 Å². The Morgan fingerprint density at radius 1 is 1.45 bits per heavy atom. The number of hydrogen-bond acceptors (Lipinski definition) is 2. The van der Waals surface area contributed by atoms with E-state index in [4.69, 9.17) is 4.74 Å². The highest BCUT2D eigenvalue weighted by Gasteiger charge is 2.29. The molecule has 0 amide bonds. The van der Waals surface area contributed by atoms with Crippen LogP contribution in [0, 0.1) is 0 Å². The van der Waals surface area contributed by atoms with Crippen molar-refractivity contribution in [3.05, 3.63) is 0 Å². The van der Waals surface area contributed by atoms with Crippen LogP contribution in [0.15, 0.2) is 0 Å². The predicted molar refractivity (Wildman–Crippen MR) is 46.8 cm³/mol. The number of piperidine rings is 1. The lowest BCUT2D eigenvalue weighted by Gasteiger charge is -2.37. The molecule has 1 unspecified atom stereocenters. The minimum absolute atomic E-state index is 0.299. The molecule has 11 heavy (non-hydrogen) atoms. The summed E-state index contributed by atoms with van der Waals surface area (Å²) in [6, 6.07) is 0. The molecule has 1 aliphatic rings. The van der Waals surface area contributed by atoms with Gasteiger partial charge in [-0.2, -0.15) is 0 Å². The SMILES string of the molecule is CCC1(COC)CCCCN1. The van der Waals surface area contributed by atoms with Crippen LogP contribution in [-0.2, 0) is 4.74 Å². The number of ether oxygens (including phenoxy) is 1. The van der Waals surface area contributed by atoms with Gasteiger partial charge in [-0.1, -0.05) is 13.3 Å². The van der Waals surface area contributed by atoms with Gasteiger partial charge in [0.15, 0.2) is 0 Å². The van der Waals surface area contributed by atoms with E-state index in [0.29, 0.717) is 5.54 Å². The number of nitrogens with one attached hydrogen (secondary N) is 1. The van der Waals surface area contributed by atoms with Gasteiger partial charge in [0.2, 0.25) is 0 Å². The Kier molecular flexibility index (Phi) is 3.34. The highest BCUT2D eigenvalue weighted by atomic mass is 16.5. The molecule has 0 aromatic rings. The Balaban J connectivity index is 2.42. The minimum Gasteiger partial charge on any atom is -0.383 e. The summed E-state index contributed by atoms with van der Waals surface area (Å²) in [5, 5.41) is 3.56. The Labute approximate surface area is 69.3 Å². The van der Waals surface area contributed by atoms with E-state index in [1.54, 1.807) is 7.11 Å². The largest absolute Gasteiger partial charge is 0.383 e. The van der Waals surface area contributed by atoms with Gasteiger partial charge in [-0.25, -0.2) is 0 Å². The summed E-state index contributed by atoms with van der Waals surface area (Å²) < 4.78 is 5.21. The Hall–Kier alpha value is -0.0800. The maximum Gasteiger partial charge on any atom is 0.0644 e. The van der Waals surface area contributed by atoms with Crippen LogP contribution in [0.5, 0.6) is 0 Å². The number of methoxy groups -OCH3 is 1. The zero-order valence-corrected chi connectivity index (χ0v) is 7.65. The minimum atomic E-state index is 0.299. The van der Waals surface area contributed by atoms with Crippen LogP contribution >= 0.6 is 0 Å². The first kappa shape index (κ1) is 9.01. The van der Waals surface area contributed by atoms with Crippen LogP contribution < -0.4 is 5.32 Å². The van der Waals surface area contributed by atoms with Gasteiger partial charge in [0.05, 0.1) is 6.61 Å². The molecule has 0 saturated carbocycles. The Morgan fingerprint density at radius 2 is 2.27 bits per heavy atom. The van der Waals surface area contributed by atoms with Crippen LogP contribution in [0.3, 0.4) is 0 Å². The first-order valence-corrected chi connectivity index (χ1v) is 4.57. The molecule has 2 nitrogen and oxygen atoms in total. The average Bonchev–Trinajstić information content (AvgIpc) is 2.07. The summed E-state index contributed by atoms with van der Waals surface area (Å²) in [6.45, 7) is 4.26. The Morgan fingerprint density at radius 3 is 2.73 bits per heavy atom. The van der Waals surface area contributed by atoms with E-state index in [0.717, 1.165) is 13.2 Å². The fourth-order valence-electron chi connectivity index (χ4n) is 1.83. The van der Waals surface area contributed by atoms with E-state index in [1.165, 1.54) is 25.7 Å². The topological polar surface area (TPSA) is 21.3 Å². The molecule has 1 N–H and O–H groups in total. The third kappa shape index (κ3) is 2.17. The van der Waals surface area contributed by atoms with Crippen molar-refractivity contribution in [3.8, 4) is 0 Å². The fourth-order valence-corrected chi connectivity index (χ4v) is 1.83. The van der Waals surface area contributed by atoms with Crippen molar-refractivity contribution < 1.29 is 4.74 Å². The van der Waals surface area contributed by atoms with Gasteiger partial charge in [-0.05, 0) is 25.8 Å². The van der Waals surface area contributed by atoms with Crippen LogP contribution in [0.2, 0.25) is 0 Å². The molecular formula is C9H19NO. The molecular weight excluding hydrogens is 138 g/mol. The molecule has 1 rings (SSSR count). The van der Waals surface area contributed by atoms with Crippen molar-refractivity contribution in [1.82, 2.24) is 5.32 Å². The smallest absolute Gasteiger partial charge is 0.0644 e. The van der Waals surface area contributed by atoms with Crippen molar-refractivity contribution in [3.63, 3.8) is 0 Å². The first-order chi connectivity index (χ1) is 5.33.